The molecule has 1 rings (SSSR count). The third-order valence-corrected chi connectivity index (χ3v) is 4.22. The summed E-state index contributed by atoms with van der Waals surface area (Å²) >= 11 is 3.37. The van der Waals surface area contributed by atoms with Crippen LogP contribution < -0.4 is 14.6 Å². The summed E-state index contributed by atoms with van der Waals surface area (Å²) in [7, 11) is -1.94. The first-order chi connectivity index (χ1) is 8.87. The van der Waals surface area contributed by atoms with Crippen LogP contribution in [0.25, 0.3) is 0 Å². The molecule has 0 aromatic heterocycles. The van der Waals surface area contributed by atoms with E-state index in [1.165, 1.54) is 0 Å². The summed E-state index contributed by atoms with van der Waals surface area (Å²) in [5, 5.41) is 5.05. The van der Waals surface area contributed by atoms with E-state index in [-0.39, 0.29) is 18.3 Å². The summed E-state index contributed by atoms with van der Waals surface area (Å²) in [5.41, 5.74) is 0. The molecule has 0 heterocycles. The molecule has 0 fully saturated rings. The monoisotopic (exact) mass is 351 g/mol. The topological polar surface area (TPSA) is 78.6 Å². The zero-order valence-corrected chi connectivity index (χ0v) is 13.3. The predicted octanol–water partition coefficient (Wildman–Crippen LogP) is 2.15. The molecular weight excluding hydrogens is 334 g/mol. The lowest BCUT2D eigenvalue weighted by atomic mass is 10.1. The van der Waals surface area contributed by atoms with Gasteiger partial charge in [0.05, 0.1) is 23.9 Å². The molecule has 1 unspecified atom stereocenters. The van der Waals surface area contributed by atoms with Gasteiger partial charge in [0.2, 0.25) is 10.0 Å². The van der Waals surface area contributed by atoms with E-state index >= 15 is 0 Å². The Balaban J connectivity index is 2.75. The van der Waals surface area contributed by atoms with Crippen molar-refractivity contribution in [1.82, 2.24) is 0 Å². The normalized spacial score (nSPS) is 13.1. The van der Waals surface area contributed by atoms with Crippen LogP contribution in [0.2, 0.25) is 0 Å². The third-order valence-electron chi connectivity index (χ3n) is 2.66. The largest absolute Gasteiger partial charge is 0.493 e. The molecular formula is C12H18BrNO4S. The fraction of sp³-hybridized carbons (Fsp3) is 0.500. The number of para-hydroxylation sites is 1. The average molecular weight is 352 g/mol. The Morgan fingerprint density at radius 2 is 2.11 bits per heavy atom. The van der Waals surface area contributed by atoms with Gasteiger partial charge in [-0.3, -0.25) is 0 Å². The van der Waals surface area contributed by atoms with Gasteiger partial charge in [0.15, 0.2) is 11.5 Å². The maximum absolute atomic E-state index is 11.1. The maximum Gasteiger partial charge on any atom is 0.209 e. The van der Waals surface area contributed by atoms with Gasteiger partial charge in [0, 0.05) is 5.92 Å². The minimum Gasteiger partial charge on any atom is -0.493 e. The summed E-state index contributed by atoms with van der Waals surface area (Å²) in [5.74, 6) is 0.931. The van der Waals surface area contributed by atoms with E-state index < -0.39 is 10.0 Å². The summed E-state index contributed by atoms with van der Waals surface area (Å²) in [6.07, 6.45) is 0.670. The van der Waals surface area contributed by atoms with Crippen molar-refractivity contribution in [2.24, 2.45) is 11.1 Å². The number of nitrogens with two attached hydrogens (primary N) is 1. The van der Waals surface area contributed by atoms with Crippen molar-refractivity contribution >= 4 is 26.0 Å². The van der Waals surface area contributed by atoms with Crippen LogP contribution >= 0.6 is 15.9 Å². The number of ether oxygens (including phenoxy) is 2. The van der Waals surface area contributed by atoms with E-state index in [1.54, 1.807) is 13.2 Å². The van der Waals surface area contributed by atoms with Crippen molar-refractivity contribution in [3.05, 3.63) is 22.7 Å². The molecule has 0 saturated carbocycles. The molecule has 0 aliphatic carbocycles. The van der Waals surface area contributed by atoms with E-state index in [2.05, 4.69) is 15.9 Å². The van der Waals surface area contributed by atoms with Crippen molar-refractivity contribution in [2.75, 3.05) is 19.5 Å². The Morgan fingerprint density at radius 3 is 2.63 bits per heavy atom. The van der Waals surface area contributed by atoms with Gasteiger partial charge in [-0.2, -0.15) is 0 Å². The standard InChI is InChI=1S/C12H18BrNO4S/c1-3-9(8-19(14,15)16)7-18-12-10(13)5-4-6-11(12)17-2/h4-6,9H,3,7-8H2,1-2H3,(H2,14,15,16). The minimum absolute atomic E-state index is 0.0870. The van der Waals surface area contributed by atoms with Crippen LogP contribution in [0.3, 0.4) is 0 Å². The van der Waals surface area contributed by atoms with Crippen molar-refractivity contribution in [1.29, 1.82) is 0 Å². The molecule has 0 aliphatic rings. The van der Waals surface area contributed by atoms with Crippen LogP contribution in [0.4, 0.5) is 0 Å². The highest BCUT2D eigenvalue weighted by Gasteiger charge is 2.17. The number of sulfonamides is 1. The van der Waals surface area contributed by atoms with Crippen molar-refractivity contribution in [3.63, 3.8) is 0 Å². The highest BCUT2D eigenvalue weighted by atomic mass is 79.9. The third kappa shape index (κ3) is 5.38. The van der Waals surface area contributed by atoms with Gasteiger partial charge < -0.3 is 9.47 Å². The highest BCUT2D eigenvalue weighted by molar-refractivity contribution is 9.10. The van der Waals surface area contributed by atoms with Crippen LogP contribution in [-0.2, 0) is 10.0 Å². The van der Waals surface area contributed by atoms with Gasteiger partial charge in [-0.1, -0.05) is 13.0 Å². The SMILES string of the molecule is CCC(COc1c(Br)cccc1OC)CS(N)(=O)=O. The van der Waals surface area contributed by atoms with E-state index in [0.717, 1.165) is 4.47 Å². The lowest BCUT2D eigenvalue weighted by Gasteiger charge is -2.17. The quantitative estimate of drug-likeness (QED) is 0.816. The van der Waals surface area contributed by atoms with Gasteiger partial charge in [0.1, 0.15) is 0 Å². The molecule has 1 aromatic carbocycles. The van der Waals surface area contributed by atoms with Gasteiger partial charge in [-0.15, -0.1) is 0 Å². The number of hydrogen-bond donors (Lipinski definition) is 1. The second-order valence-electron chi connectivity index (χ2n) is 4.19. The zero-order valence-electron chi connectivity index (χ0n) is 10.9. The first kappa shape index (κ1) is 16.3. The number of primary sulfonamides is 1. The van der Waals surface area contributed by atoms with Crippen LogP contribution in [0.1, 0.15) is 13.3 Å². The summed E-state index contributed by atoms with van der Waals surface area (Å²) in [6.45, 7) is 2.17. The van der Waals surface area contributed by atoms with E-state index in [9.17, 15) is 8.42 Å². The second-order valence-corrected chi connectivity index (χ2v) is 6.70. The van der Waals surface area contributed by atoms with Crippen molar-refractivity contribution in [2.45, 2.75) is 13.3 Å². The Kier molecular flexibility index (Phi) is 6.09. The number of rotatable bonds is 7. The Morgan fingerprint density at radius 1 is 1.42 bits per heavy atom. The molecule has 1 atom stereocenters. The van der Waals surface area contributed by atoms with Gasteiger partial charge in [0.25, 0.3) is 0 Å². The molecule has 1 aromatic rings. The molecule has 0 bridgehead atoms. The van der Waals surface area contributed by atoms with Crippen LogP contribution in [0, 0.1) is 5.92 Å². The predicted molar refractivity (Wildman–Crippen MR) is 77.9 cm³/mol. The molecule has 0 aliphatic heterocycles. The molecule has 0 radical (unpaired) electrons. The highest BCUT2D eigenvalue weighted by Crippen LogP contribution is 2.35. The zero-order chi connectivity index (χ0) is 14.5. The van der Waals surface area contributed by atoms with Crippen molar-refractivity contribution in [3.8, 4) is 11.5 Å². The first-order valence-electron chi connectivity index (χ1n) is 5.83. The Bertz CT molecular complexity index is 518. The molecule has 108 valence electrons. The maximum atomic E-state index is 11.1. The number of hydrogen-bond acceptors (Lipinski definition) is 4. The summed E-state index contributed by atoms with van der Waals surface area (Å²) in [6, 6.07) is 5.44. The number of halogens is 1. The van der Waals surface area contributed by atoms with Gasteiger partial charge >= 0.3 is 0 Å². The van der Waals surface area contributed by atoms with Crippen molar-refractivity contribution < 1.29 is 17.9 Å². The minimum atomic E-state index is -3.49. The van der Waals surface area contributed by atoms with Crippen LogP contribution in [0.15, 0.2) is 22.7 Å². The molecule has 7 heteroatoms. The molecule has 0 saturated heterocycles. The van der Waals surface area contributed by atoms with E-state index in [4.69, 9.17) is 14.6 Å². The second kappa shape index (κ2) is 7.12. The van der Waals surface area contributed by atoms with Crippen LogP contribution in [-0.4, -0.2) is 27.9 Å². The molecule has 0 amide bonds. The van der Waals surface area contributed by atoms with E-state index in [1.807, 2.05) is 19.1 Å². The fourth-order valence-corrected chi connectivity index (χ4v) is 3.05. The number of methoxy groups -OCH3 is 1. The molecule has 5 nitrogen and oxygen atoms in total. The number of benzene rings is 1. The Labute approximate surface area is 122 Å². The summed E-state index contributed by atoms with van der Waals surface area (Å²) < 4.78 is 33.8. The van der Waals surface area contributed by atoms with Gasteiger partial charge in [-0.25, -0.2) is 13.6 Å². The lowest BCUT2D eigenvalue weighted by Crippen LogP contribution is -2.26. The Hall–Kier alpha value is -0.790. The lowest BCUT2D eigenvalue weighted by molar-refractivity contribution is 0.244. The first-order valence-corrected chi connectivity index (χ1v) is 8.34. The summed E-state index contributed by atoms with van der Waals surface area (Å²) in [4.78, 5) is 0. The molecule has 0 spiro atoms. The van der Waals surface area contributed by atoms with Gasteiger partial charge in [-0.05, 0) is 34.5 Å². The van der Waals surface area contributed by atoms with Crippen LogP contribution in [0.5, 0.6) is 11.5 Å². The average Bonchev–Trinajstić information content (AvgIpc) is 2.33. The smallest absolute Gasteiger partial charge is 0.209 e. The molecule has 19 heavy (non-hydrogen) atoms. The fourth-order valence-electron chi connectivity index (χ4n) is 1.60. The molecule has 2 N–H and O–H groups in total. The van der Waals surface area contributed by atoms with E-state index in [0.29, 0.717) is 17.9 Å².